The predicted molar refractivity (Wildman–Crippen MR) is 91.6 cm³/mol. The molecule has 24 heavy (non-hydrogen) atoms. The first-order valence-corrected chi connectivity index (χ1v) is 7.89. The minimum absolute atomic E-state index is 0.0924. The molecule has 8 nitrogen and oxygen atoms in total. The summed E-state index contributed by atoms with van der Waals surface area (Å²) in [4.78, 5) is 19.3. The Bertz CT molecular complexity index is 729. The highest BCUT2D eigenvalue weighted by Crippen LogP contribution is 2.39. The van der Waals surface area contributed by atoms with Gasteiger partial charge in [-0.25, -0.2) is 4.98 Å². The number of aromatic nitrogens is 2. The van der Waals surface area contributed by atoms with Gasteiger partial charge in [-0.05, 0) is 17.7 Å². The molecule has 0 aliphatic carbocycles. The van der Waals surface area contributed by atoms with Crippen molar-refractivity contribution in [1.29, 1.82) is 0 Å². The van der Waals surface area contributed by atoms with E-state index < -0.39 is 5.97 Å². The van der Waals surface area contributed by atoms with Crippen molar-refractivity contribution < 1.29 is 19.4 Å². The predicted octanol–water partition coefficient (Wildman–Crippen LogP) is 1.43. The van der Waals surface area contributed by atoms with Gasteiger partial charge in [0.05, 0.1) is 24.9 Å². The van der Waals surface area contributed by atoms with Gasteiger partial charge in [-0.1, -0.05) is 0 Å². The number of carbonyl (C=O) groups is 1. The molecule has 0 bridgehead atoms. The van der Waals surface area contributed by atoms with Crippen molar-refractivity contribution >= 4 is 29.5 Å². The van der Waals surface area contributed by atoms with Gasteiger partial charge in [0.15, 0.2) is 0 Å². The molecular formula is C15H18N4O4S. The molecule has 0 amide bonds. The van der Waals surface area contributed by atoms with Crippen LogP contribution < -0.4 is 20.9 Å². The monoisotopic (exact) mass is 350 g/mol. The maximum atomic E-state index is 10.8. The molecule has 2 rings (SSSR count). The number of carboxylic acid groups (broad SMARTS) is 1. The molecule has 0 saturated carbocycles. The zero-order valence-electron chi connectivity index (χ0n) is 13.3. The van der Waals surface area contributed by atoms with Gasteiger partial charge in [0.1, 0.15) is 17.3 Å². The first kappa shape index (κ1) is 17.7. The van der Waals surface area contributed by atoms with E-state index in [0.29, 0.717) is 28.6 Å². The van der Waals surface area contributed by atoms with Crippen molar-refractivity contribution in [1.82, 2.24) is 9.97 Å². The standard InChI is InChI=1S/C15H18N4O4S/c1-22-10-4-8(3-9-6-18-15(17)19-14(9)16)5-11(23-2)13(10)24-7-12(20)21/h4-6H,3,7H2,1-2H3,(H,20,21)(H4,16,17,18,19). The maximum Gasteiger partial charge on any atom is 0.313 e. The molecule has 0 atom stereocenters. The van der Waals surface area contributed by atoms with Crippen molar-refractivity contribution in [2.24, 2.45) is 0 Å². The number of hydrogen-bond donors (Lipinski definition) is 3. The minimum Gasteiger partial charge on any atom is -0.495 e. The second kappa shape index (κ2) is 7.73. The summed E-state index contributed by atoms with van der Waals surface area (Å²) in [6.07, 6.45) is 2.03. The SMILES string of the molecule is COc1cc(Cc2cnc(N)nc2N)cc(OC)c1SCC(=O)O. The molecule has 0 fully saturated rings. The summed E-state index contributed by atoms with van der Waals surface area (Å²) >= 11 is 1.14. The average molecular weight is 350 g/mol. The van der Waals surface area contributed by atoms with Gasteiger partial charge in [-0.15, -0.1) is 11.8 Å². The van der Waals surface area contributed by atoms with Gasteiger partial charge in [0.2, 0.25) is 5.95 Å². The Labute approximate surface area is 143 Å². The largest absolute Gasteiger partial charge is 0.495 e. The van der Waals surface area contributed by atoms with Crippen LogP contribution in [0.4, 0.5) is 11.8 Å². The van der Waals surface area contributed by atoms with Crippen LogP contribution in [-0.4, -0.2) is 41.0 Å². The lowest BCUT2D eigenvalue weighted by Gasteiger charge is -2.15. The van der Waals surface area contributed by atoms with E-state index in [1.165, 1.54) is 14.2 Å². The van der Waals surface area contributed by atoms with E-state index in [1.807, 2.05) is 12.1 Å². The third-order valence-electron chi connectivity index (χ3n) is 3.17. The molecule has 0 spiro atoms. The lowest BCUT2D eigenvalue weighted by Crippen LogP contribution is -2.05. The van der Waals surface area contributed by atoms with Crippen LogP contribution in [0.1, 0.15) is 11.1 Å². The Morgan fingerprint density at radius 2 is 1.88 bits per heavy atom. The van der Waals surface area contributed by atoms with E-state index in [2.05, 4.69) is 9.97 Å². The number of hydrogen-bond acceptors (Lipinski definition) is 8. The number of rotatable bonds is 7. The molecule has 2 aromatic rings. The van der Waals surface area contributed by atoms with Gasteiger partial charge in [0, 0.05) is 18.2 Å². The van der Waals surface area contributed by atoms with Gasteiger partial charge in [-0.2, -0.15) is 4.98 Å². The Morgan fingerprint density at radius 3 is 2.38 bits per heavy atom. The van der Waals surface area contributed by atoms with Crippen molar-refractivity contribution in [3.05, 3.63) is 29.5 Å². The molecule has 1 aromatic heterocycles. The zero-order valence-corrected chi connectivity index (χ0v) is 14.1. The van der Waals surface area contributed by atoms with E-state index in [1.54, 1.807) is 6.20 Å². The van der Waals surface area contributed by atoms with Crippen LogP contribution in [0.25, 0.3) is 0 Å². The van der Waals surface area contributed by atoms with E-state index in [4.69, 9.17) is 26.0 Å². The lowest BCUT2D eigenvalue weighted by atomic mass is 10.1. The fourth-order valence-electron chi connectivity index (χ4n) is 2.10. The third-order valence-corrected chi connectivity index (χ3v) is 4.25. The summed E-state index contributed by atoms with van der Waals surface area (Å²) in [5.74, 6) is 0.484. The molecule has 0 saturated heterocycles. The van der Waals surface area contributed by atoms with Gasteiger partial charge >= 0.3 is 5.97 Å². The number of nitrogen functional groups attached to an aromatic ring is 2. The maximum absolute atomic E-state index is 10.8. The van der Waals surface area contributed by atoms with Crippen LogP contribution in [0.3, 0.4) is 0 Å². The summed E-state index contributed by atoms with van der Waals surface area (Å²) in [7, 11) is 3.04. The lowest BCUT2D eigenvalue weighted by molar-refractivity contribution is -0.133. The number of thioether (sulfide) groups is 1. The fraction of sp³-hybridized carbons (Fsp3) is 0.267. The number of nitrogens with zero attached hydrogens (tertiary/aromatic N) is 2. The summed E-state index contributed by atoms with van der Waals surface area (Å²) in [5, 5.41) is 8.86. The number of methoxy groups -OCH3 is 2. The Balaban J connectivity index is 2.35. The Kier molecular flexibility index (Phi) is 5.69. The number of carboxylic acids is 1. The summed E-state index contributed by atoms with van der Waals surface area (Å²) in [6, 6.07) is 3.62. The van der Waals surface area contributed by atoms with E-state index in [0.717, 1.165) is 22.9 Å². The topological polar surface area (TPSA) is 134 Å². The van der Waals surface area contributed by atoms with Gasteiger partial charge in [0.25, 0.3) is 0 Å². The molecule has 0 radical (unpaired) electrons. The van der Waals surface area contributed by atoms with Crippen molar-refractivity contribution in [2.75, 3.05) is 31.4 Å². The molecule has 0 aliphatic rings. The van der Waals surface area contributed by atoms with Crippen LogP contribution in [-0.2, 0) is 11.2 Å². The van der Waals surface area contributed by atoms with Crippen LogP contribution in [0, 0.1) is 0 Å². The molecule has 9 heteroatoms. The average Bonchev–Trinajstić information content (AvgIpc) is 2.55. The number of aliphatic carboxylic acids is 1. The highest BCUT2D eigenvalue weighted by atomic mass is 32.2. The highest BCUT2D eigenvalue weighted by Gasteiger charge is 2.16. The molecule has 1 aromatic carbocycles. The third kappa shape index (κ3) is 4.19. The van der Waals surface area contributed by atoms with Crippen LogP contribution in [0.2, 0.25) is 0 Å². The quantitative estimate of drug-likeness (QED) is 0.634. The van der Waals surface area contributed by atoms with Crippen LogP contribution >= 0.6 is 11.8 Å². The molecule has 128 valence electrons. The minimum atomic E-state index is -0.917. The summed E-state index contributed by atoms with van der Waals surface area (Å²) < 4.78 is 10.7. The molecule has 5 N–H and O–H groups in total. The smallest absolute Gasteiger partial charge is 0.313 e. The molecule has 1 heterocycles. The van der Waals surface area contributed by atoms with E-state index >= 15 is 0 Å². The van der Waals surface area contributed by atoms with E-state index in [9.17, 15) is 4.79 Å². The first-order chi connectivity index (χ1) is 11.4. The first-order valence-electron chi connectivity index (χ1n) is 6.91. The number of ether oxygens (including phenoxy) is 2. The van der Waals surface area contributed by atoms with Crippen molar-refractivity contribution in [3.63, 3.8) is 0 Å². The normalized spacial score (nSPS) is 10.4. The summed E-state index contributed by atoms with van der Waals surface area (Å²) in [5.41, 5.74) is 12.9. The number of nitrogens with two attached hydrogens (primary N) is 2. The van der Waals surface area contributed by atoms with Crippen LogP contribution in [0.15, 0.2) is 23.2 Å². The van der Waals surface area contributed by atoms with Crippen molar-refractivity contribution in [2.45, 2.75) is 11.3 Å². The van der Waals surface area contributed by atoms with Crippen LogP contribution in [0.5, 0.6) is 11.5 Å². The molecule has 0 unspecified atom stereocenters. The van der Waals surface area contributed by atoms with Gasteiger partial charge in [-0.3, -0.25) is 4.79 Å². The van der Waals surface area contributed by atoms with Crippen molar-refractivity contribution in [3.8, 4) is 11.5 Å². The fourth-order valence-corrected chi connectivity index (χ4v) is 2.94. The Morgan fingerprint density at radius 1 is 1.25 bits per heavy atom. The second-order valence-electron chi connectivity index (χ2n) is 4.83. The zero-order chi connectivity index (χ0) is 17.7. The van der Waals surface area contributed by atoms with Gasteiger partial charge < -0.3 is 26.0 Å². The molecule has 0 aliphatic heterocycles. The highest BCUT2D eigenvalue weighted by molar-refractivity contribution is 8.00. The Hall–Kier alpha value is -2.68. The number of anilines is 2. The molecular weight excluding hydrogens is 332 g/mol. The summed E-state index contributed by atoms with van der Waals surface area (Å²) in [6.45, 7) is 0. The number of benzene rings is 1. The van der Waals surface area contributed by atoms with E-state index in [-0.39, 0.29) is 11.7 Å². The second-order valence-corrected chi connectivity index (χ2v) is 5.81.